The van der Waals surface area contributed by atoms with Gasteiger partial charge in [0, 0.05) is 26.0 Å². The van der Waals surface area contributed by atoms with Crippen molar-refractivity contribution in [3.05, 3.63) is 31.8 Å². The van der Waals surface area contributed by atoms with Crippen LogP contribution in [-0.4, -0.2) is 28.7 Å². The molecule has 18 heavy (non-hydrogen) atoms. The van der Waals surface area contributed by atoms with Crippen molar-refractivity contribution in [1.82, 2.24) is 4.90 Å². The molecule has 0 atom stereocenters. The average molecular weight is 487 g/mol. The van der Waals surface area contributed by atoms with Gasteiger partial charge in [-0.1, -0.05) is 31.9 Å². The van der Waals surface area contributed by atoms with Crippen LogP contribution in [0.1, 0.15) is 29.6 Å². The van der Waals surface area contributed by atoms with E-state index in [1.807, 2.05) is 23.1 Å². The third kappa shape index (κ3) is 3.28. The second-order valence-corrected chi connectivity index (χ2v) is 7.27. The summed E-state index contributed by atoms with van der Waals surface area (Å²) in [5.41, 5.74) is 0.804. The van der Waals surface area contributed by atoms with Crippen molar-refractivity contribution in [3.63, 3.8) is 0 Å². The Morgan fingerprint density at radius 3 is 2.72 bits per heavy atom. The smallest absolute Gasteiger partial charge is 0.255 e. The highest BCUT2D eigenvalue weighted by atomic mass is 127. The van der Waals surface area contributed by atoms with Crippen LogP contribution < -0.4 is 0 Å². The predicted molar refractivity (Wildman–Crippen MR) is 89.3 cm³/mol. The molecule has 98 valence electrons. The van der Waals surface area contributed by atoms with Crippen LogP contribution in [0.15, 0.2) is 22.7 Å². The van der Waals surface area contributed by atoms with E-state index in [0.29, 0.717) is 6.04 Å². The summed E-state index contributed by atoms with van der Waals surface area (Å²) in [5, 5.41) is 0.833. The molecular weight excluding hydrogens is 473 g/mol. The van der Waals surface area contributed by atoms with Gasteiger partial charge in [-0.2, -0.15) is 0 Å². The van der Waals surface area contributed by atoms with Gasteiger partial charge in [0.15, 0.2) is 0 Å². The summed E-state index contributed by atoms with van der Waals surface area (Å²) in [6, 6.07) is 6.30. The molecule has 0 aliphatic heterocycles. The first kappa shape index (κ1) is 14.8. The van der Waals surface area contributed by atoms with Crippen molar-refractivity contribution in [2.24, 2.45) is 0 Å². The van der Waals surface area contributed by atoms with Gasteiger partial charge >= 0.3 is 0 Å². The molecule has 1 aromatic rings. The molecule has 0 unspecified atom stereocenters. The number of benzene rings is 1. The Bertz CT molecular complexity index is 449. The van der Waals surface area contributed by atoms with E-state index in [0.717, 1.165) is 38.3 Å². The van der Waals surface area contributed by atoms with Crippen LogP contribution in [0, 0.1) is 3.57 Å². The van der Waals surface area contributed by atoms with Crippen molar-refractivity contribution in [2.75, 3.05) is 11.9 Å². The van der Waals surface area contributed by atoms with Crippen LogP contribution >= 0.6 is 54.5 Å². The number of rotatable bonds is 4. The molecule has 1 aliphatic carbocycles. The molecule has 0 bridgehead atoms. The molecule has 0 saturated heterocycles. The Kier molecular flexibility index (Phi) is 5.50. The Morgan fingerprint density at radius 1 is 1.44 bits per heavy atom. The summed E-state index contributed by atoms with van der Waals surface area (Å²) in [4.78, 5) is 14.6. The number of alkyl halides is 1. The van der Waals surface area contributed by atoms with E-state index in [-0.39, 0.29) is 5.91 Å². The molecular formula is C13H14Br2INO. The van der Waals surface area contributed by atoms with Crippen molar-refractivity contribution >= 4 is 60.4 Å². The average Bonchev–Trinajstić information content (AvgIpc) is 2.28. The third-order valence-electron chi connectivity index (χ3n) is 3.26. The van der Waals surface area contributed by atoms with Crippen LogP contribution in [0.25, 0.3) is 0 Å². The third-order valence-corrected chi connectivity index (χ3v) is 5.05. The predicted octanol–water partition coefficient (Wildman–Crippen LogP) is 4.44. The van der Waals surface area contributed by atoms with Gasteiger partial charge in [0.25, 0.3) is 5.91 Å². The zero-order valence-corrected chi connectivity index (χ0v) is 15.2. The van der Waals surface area contributed by atoms with Gasteiger partial charge in [-0.3, -0.25) is 4.79 Å². The Morgan fingerprint density at radius 2 is 2.17 bits per heavy atom. The van der Waals surface area contributed by atoms with Gasteiger partial charge in [-0.25, -0.2) is 0 Å². The number of halogens is 3. The number of amides is 1. The number of carbonyl (C=O) groups excluding carboxylic acids is 1. The lowest BCUT2D eigenvalue weighted by Gasteiger charge is -2.37. The van der Waals surface area contributed by atoms with E-state index in [1.54, 1.807) is 0 Å². The van der Waals surface area contributed by atoms with Crippen LogP contribution in [0.2, 0.25) is 0 Å². The van der Waals surface area contributed by atoms with Gasteiger partial charge in [0.2, 0.25) is 0 Å². The fraction of sp³-hybridized carbons (Fsp3) is 0.462. The maximum atomic E-state index is 12.6. The largest absolute Gasteiger partial charge is 0.335 e. The topological polar surface area (TPSA) is 20.3 Å². The van der Waals surface area contributed by atoms with E-state index < -0.39 is 0 Å². The summed E-state index contributed by atoms with van der Waals surface area (Å²) in [5.74, 6) is 0.157. The molecule has 0 radical (unpaired) electrons. The van der Waals surface area contributed by atoms with Crippen LogP contribution in [-0.2, 0) is 0 Å². The Hall–Kier alpha value is 0.380. The molecule has 1 amide bonds. The van der Waals surface area contributed by atoms with E-state index in [4.69, 9.17) is 0 Å². The minimum absolute atomic E-state index is 0.157. The second kappa shape index (κ2) is 6.70. The summed E-state index contributed by atoms with van der Waals surface area (Å²) in [7, 11) is 0. The van der Waals surface area contributed by atoms with E-state index >= 15 is 0 Å². The van der Waals surface area contributed by atoms with Gasteiger partial charge < -0.3 is 4.90 Å². The fourth-order valence-corrected chi connectivity index (χ4v) is 3.36. The van der Waals surface area contributed by atoms with E-state index in [2.05, 4.69) is 54.5 Å². The fourth-order valence-electron chi connectivity index (χ4n) is 2.06. The number of hydrogen-bond donors (Lipinski definition) is 0. The van der Waals surface area contributed by atoms with E-state index in [9.17, 15) is 4.79 Å². The number of hydrogen-bond acceptors (Lipinski definition) is 1. The molecule has 2 rings (SSSR count). The van der Waals surface area contributed by atoms with Crippen LogP contribution in [0.5, 0.6) is 0 Å². The molecule has 1 fully saturated rings. The molecule has 0 spiro atoms. The second-order valence-electron chi connectivity index (χ2n) is 4.40. The minimum Gasteiger partial charge on any atom is -0.335 e. The summed E-state index contributed by atoms with van der Waals surface area (Å²) < 4.78 is 1.97. The summed E-state index contributed by atoms with van der Waals surface area (Å²) in [6.07, 6.45) is 3.53. The molecule has 5 heteroatoms. The first-order valence-electron chi connectivity index (χ1n) is 5.95. The first-order valence-corrected chi connectivity index (χ1v) is 8.95. The Labute approximate surface area is 138 Å². The number of nitrogens with zero attached hydrogens (tertiary/aromatic N) is 1. The number of carbonyl (C=O) groups is 1. The molecule has 0 aromatic heterocycles. The van der Waals surface area contributed by atoms with E-state index in [1.165, 1.54) is 6.42 Å². The normalized spacial score (nSPS) is 15.3. The van der Waals surface area contributed by atoms with Gasteiger partial charge in [0.05, 0.1) is 5.56 Å². The Balaban J connectivity index is 2.23. The zero-order valence-electron chi connectivity index (χ0n) is 9.83. The monoisotopic (exact) mass is 485 g/mol. The highest BCUT2D eigenvalue weighted by molar-refractivity contribution is 14.1. The molecule has 1 saturated carbocycles. The van der Waals surface area contributed by atoms with Gasteiger partial charge in [-0.05, 0) is 60.1 Å². The molecule has 0 heterocycles. The minimum atomic E-state index is 0.157. The maximum absolute atomic E-state index is 12.6. The van der Waals surface area contributed by atoms with Gasteiger partial charge in [-0.15, -0.1) is 0 Å². The lowest BCUT2D eigenvalue weighted by molar-refractivity contribution is 0.0598. The molecule has 1 aromatic carbocycles. The molecule has 2 nitrogen and oxygen atoms in total. The molecule has 0 N–H and O–H groups in total. The lowest BCUT2D eigenvalue weighted by Crippen LogP contribution is -2.45. The van der Waals surface area contributed by atoms with Crippen LogP contribution in [0.3, 0.4) is 0 Å². The lowest BCUT2D eigenvalue weighted by atomic mass is 9.91. The van der Waals surface area contributed by atoms with Crippen molar-refractivity contribution in [1.29, 1.82) is 0 Å². The maximum Gasteiger partial charge on any atom is 0.255 e. The first-order chi connectivity index (χ1) is 8.63. The highest BCUT2D eigenvalue weighted by Gasteiger charge is 2.29. The molecule has 1 aliphatic rings. The highest BCUT2D eigenvalue weighted by Crippen LogP contribution is 2.28. The standard InChI is InChI=1S/C13H14Br2INO/c14-6-7-17(10-2-1-3-10)13(18)11-8-9(15)4-5-12(11)16/h4-5,8,10H,1-3,6-7H2. The summed E-state index contributed by atoms with van der Waals surface area (Å²) >= 11 is 9.11. The van der Waals surface area contributed by atoms with Crippen molar-refractivity contribution < 1.29 is 4.79 Å². The quantitative estimate of drug-likeness (QED) is 0.455. The zero-order chi connectivity index (χ0) is 13.1. The SMILES string of the molecule is O=C(c1cc(Br)ccc1I)N(CCBr)C1CCC1. The van der Waals surface area contributed by atoms with Crippen LogP contribution in [0.4, 0.5) is 0 Å². The van der Waals surface area contributed by atoms with Crippen molar-refractivity contribution in [2.45, 2.75) is 25.3 Å². The van der Waals surface area contributed by atoms with Crippen molar-refractivity contribution in [3.8, 4) is 0 Å². The van der Waals surface area contributed by atoms with Gasteiger partial charge in [0.1, 0.15) is 0 Å². The summed E-state index contributed by atoms with van der Waals surface area (Å²) in [6.45, 7) is 0.784.